The highest BCUT2D eigenvalue weighted by Crippen LogP contribution is 2.14. The zero-order valence-electron chi connectivity index (χ0n) is 13.1. The van der Waals surface area contributed by atoms with Gasteiger partial charge in [0.15, 0.2) is 0 Å². The SMILES string of the molecule is C[C@@H](NC(=O)/C(C#N)=C/c1ccc(C(=O)O)cc1)c1ccccc1. The van der Waals surface area contributed by atoms with Gasteiger partial charge in [0.05, 0.1) is 11.6 Å². The van der Waals surface area contributed by atoms with Gasteiger partial charge in [0.2, 0.25) is 0 Å². The molecule has 2 rings (SSSR count). The van der Waals surface area contributed by atoms with Crippen LogP contribution in [0.3, 0.4) is 0 Å². The van der Waals surface area contributed by atoms with Crippen molar-refractivity contribution < 1.29 is 14.7 Å². The van der Waals surface area contributed by atoms with Gasteiger partial charge in [-0.1, -0.05) is 42.5 Å². The minimum atomic E-state index is -1.03. The monoisotopic (exact) mass is 320 g/mol. The third kappa shape index (κ3) is 4.31. The molecule has 2 aromatic carbocycles. The van der Waals surface area contributed by atoms with Gasteiger partial charge in [-0.15, -0.1) is 0 Å². The number of nitrogens with zero attached hydrogens (tertiary/aromatic N) is 1. The molecule has 0 bridgehead atoms. The largest absolute Gasteiger partial charge is 0.478 e. The first-order chi connectivity index (χ1) is 11.5. The number of nitrogens with one attached hydrogen (secondary N) is 1. The van der Waals surface area contributed by atoms with Crippen LogP contribution in [0.1, 0.15) is 34.5 Å². The van der Waals surface area contributed by atoms with Crippen molar-refractivity contribution >= 4 is 18.0 Å². The third-order valence-corrected chi connectivity index (χ3v) is 3.48. The first-order valence-electron chi connectivity index (χ1n) is 7.32. The first kappa shape index (κ1) is 17.0. The molecule has 0 aromatic heterocycles. The van der Waals surface area contributed by atoms with Crippen molar-refractivity contribution in [1.82, 2.24) is 5.32 Å². The Morgan fingerprint density at radius 3 is 2.29 bits per heavy atom. The van der Waals surface area contributed by atoms with Crippen LogP contribution >= 0.6 is 0 Å². The van der Waals surface area contributed by atoms with Crippen LogP contribution in [-0.2, 0) is 4.79 Å². The second-order valence-electron chi connectivity index (χ2n) is 5.20. The molecule has 24 heavy (non-hydrogen) atoms. The molecule has 0 aliphatic heterocycles. The smallest absolute Gasteiger partial charge is 0.335 e. The van der Waals surface area contributed by atoms with Crippen molar-refractivity contribution in [3.63, 3.8) is 0 Å². The summed E-state index contributed by atoms with van der Waals surface area (Å²) in [5, 5.41) is 20.9. The maximum atomic E-state index is 12.2. The van der Waals surface area contributed by atoms with Gasteiger partial charge in [-0.25, -0.2) is 4.79 Å². The Bertz CT molecular complexity index is 803. The van der Waals surface area contributed by atoms with Crippen molar-refractivity contribution in [2.24, 2.45) is 0 Å². The average Bonchev–Trinajstić information content (AvgIpc) is 2.60. The van der Waals surface area contributed by atoms with Gasteiger partial charge in [0, 0.05) is 0 Å². The molecule has 0 saturated heterocycles. The predicted octanol–water partition coefficient (Wildman–Crippen LogP) is 3.17. The van der Waals surface area contributed by atoms with E-state index in [1.165, 1.54) is 18.2 Å². The lowest BCUT2D eigenvalue weighted by molar-refractivity contribution is -0.117. The quantitative estimate of drug-likeness (QED) is 0.654. The Balaban J connectivity index is 2.13. The molecule has 1 atom stereocenters. The number of benzene rings is 2. The maximum absolute atomic E-state index is 12.2. The molecule has 1 amide bonds. The molecular weight excluding hydrogens is 304 g/mol. The summed E-state index contributed by atoms with van der Waals surface area (Å²) in [5.74, 6) is -1.50. The highest BCUT2D eigenvalue weighted by atomic mass is 16.4. The standard InChI is InChI=1S/C19H16N2O3/c1-13(15-5-3-2-4-6-15)21-18(22)17(12-20)11-14-7-9-16(10-8-14)19(23)24/h2-11,13H,1H3,(H,21,22)(H,23,24)/b17-11+/t13-/m1/s1. The van der Waals surface area contributed by atoms with Crippen molar-refractivity contribution in [2.45, 2.75) is 13.0 Å². The fourth-order valence-corrected chi connectivity index (χ4v) is 2.14. The number of nitriles is 1. The Morgan fingerprint density at radius 1 is 1.12 bits per heavy atom. The molecule has 0 aliphatic carbocycles. The minimum absolute atomic E-state index is 0.0409. The van der Waals surface area contributed by atoms with Crippen LogP contribution < -0.4 is 5.32 Å². The van der Waals surface area contributed by atoms with E-state index in [0.29, 0.717) is 5.56 Å². The van der Waals surface area contributed by atoms with Crippen LogP contribution in [0.2, 0.25) is 0 Å². The lowest BCUT2D eigenvalue weighted by Gasteiger charge is -2.13. The van der Waals surface area contributed by atoms with E-state index in [1.807, 2.05) is 43.3 Å². The van der Waals surface area contributed by atoms with Crippen LogP contribution in [0.25, 0.3) is 6.08 Å². The van der Waals surface area contributed by atoms with Crippen LogP contribution in [-0.4, -0.2) is 17.0 Å². The zero-order chi connectivity index (χ0) is 17.5. The highest BCUT2D eigenvalue weighted by molar-refractivity contribution is 6.02. The number of amides is 1. The summed E-state index contributed by atoms with van der Waals surface area (Å²) in [5.41, 5.74) is 1.63. The topological polar surface area (TPSA) is 90.2 Å². The van der Waals surface area contributed by atoms with Crippen molar-refractivity contribution in [3.8, 4) is 6.07 Å². The van der Waals surface area contributed by atoms with Gasteiger partial charge in [0.25, 0.3) is 5.91 Å². The number of carbonyl (C=O) groups is 2. The summed E-state index contributed by atoms with van der Waals surface area (Å²) in [7, 11) is 0. The summed E-state index contributed by atoms with van der Waals surface area (Å²) < 4.78 is 0. The van der Waals surface area contributed by atoms with Crippen LogP contribution in [0.5, 0.6) is 0 Å². The van der Waals surface area contributed by atoms with E-state index in [4.69, 9.17) is 5.11 Å². The van der Waals surface area contributed by atoms with E-state index >= 15 is 0 Å². The fourth-order valence-electron chi connectivity index (χ4n) is 2.14. The Morgan fingerprint density at radius 2 is 1.75 bits per heavy atom. The molecule has 2 aromatic rings. The molecule has 0 spiro atoms. The molecule has 0 aliphatic rings. The lowest BCUT2D eigenvalue weighted by atomic mass is 10.1. The number of carboxylic acids is 1. The van der Waals surface area contributed by atoms with E-state index in [0.717, 1.165) is 5.56 Å². The second kappa shape index (κ2) is 7.75. The van der Waals surface area contributed by atoms with Gasteiger partial charge in [0.1, 0.15) is 11.6 Å². The number of hydrogen-bond acceptors (Lipinski definition) is 3. The van der Waals surface area contributed by atoms with E-state index in [2.05, 4.69) is 5.32 Å². The Kier molecular flexibility index (Phi) is 5.48. The van der Waals surface area contributed by atoms with E-state index in [-0.39, 0.29) is 17.2 Å². The van der Waals surface area contributed by atoms with Crippen LogP contribution in [0.15, 0.2) is 60.2 Å². The predicted molar refractivity (Wildman–Crippen MR) is 90.0 cm³/mol. The Labute approximate surface area is 139 Å². The highest BCUT2D eigenvalue weighted by Gasteiger charge is 2.13. The van der Waals surface area contributed by atoms with Gasteiger partial charge in [-0.3, -0.25) is 4.79 Å². The summed E-state index contributed by atoms with van der Waals surface area (Å²) >= 11 is 0. The molecule has 0 radical (unpaired) electrons. The van der Waals surface area contributed by atoms with E-state index in [9.17, 15) is 14.9 Å². The number of rotatable bonds is 5. The van der Waals surface area contributed by atoms with Gasteiger partial charge >= 0.3 is 5.97 Å². The normalized spacial score (nSPS) is 12.1. The zero-order valence-corrected chi connectivity index (χ0v) is 13.1. The van der Waals surface area contributed by atoms with Crippen molar-refractivity contribution in [2.75, 3.05) is 0 Å². The molecule has 0 heterocycles. The average molecular weight is 320 g/mol. The number of aromatic carboxylic acids is 1. The molecule has 0 fully saturated rings. The van der Waals surface area contributed by atoms with Gasteiger partial charge in [-0.05, 0) is 36.3 Å². The van der Waals surface area contributed by atoms with Gasteiger partial charge < -0.3 is 10.4 Å². The summed E-state index contributed by atoms with van der Waals surface area (Å²) in [4.78, 5) is 23.1. The summed E-state index contributed by atoms with van der Waals surface area (Å²) in [6.07, 6.45) is 1.43. The molecular formula is C19H16N2O3. The van der Waals surface area contributed by atoms with Crippen molar-refractivity contribution in [3.05, 3.63) is 76.9 Å². The van der Waals surface area contributed by atoms with Crippen molar-refractivity contribution in [1.29, 1.82) is 5.26 Å². The molecule has 120 valence electrons. The summed E-state index contributed by atoms with van der Waals surface area (Å²) in [6, 6.07) is 17.0. The Hall–Kier alpha value is -3.39. The van der Waals surface area contributed by atoms with Crippen LogP contribution in [0.4, 0.5) is 0 Å². The molecule has 5 nitrogen and oxygen atoms in total. The third-order valence-electron chi connectivity index (χ3n) is 3.48. The number of carbonyl (C=O) groups excluding carboxylic acids is 1. The lowest BCUT2D eigenvalue weighted by Crippen LogP contribution is -2.27. The number of carboxylic acid groups (broad SMARTS) is 1. The van der Waals surface area contributed by atoms with E-state index in [1.54, 1.807) is 12.1 Å². The van der Waals surface area contributed by atoms with Crippen LogP contribution in [0, 0.1) is 11.3 Å². The maximum Gasteiger partial charge on any atom is 0.335 e. The molecule has 2 N–H and O–H groups in total. The fraction of sp³-hybridized carbons (Fsp3) is 0.105. The van der Waals surface area contributed by atoms with E-state index < -0.39 is 11.9 Å². The number of hydrogen-bond donors (Lipinski definition) is 2. The first-order valence-corrected chi connectivity index (χ1v) is 7.32. The molecule has 5 heteroatoms. The molecule has 0 saturated carbocycles. The minimum Gasteiger partial charge on any atom is -0.478 e. The molecule has 0 unspecified atom stereocenters. The van der Waals surface area contributed by atoms with Gasteiger partial charge in [-0.2, -0.15) is 5.26 Å². The second-order valence-corrected chi connectivity index (χ2v) is 5.20. The summed E-state index contributed by atoms with van der Waals surface area (Å²) in [6.45, 7) is 1.84.